The molecule has 1 saturated heterocycles. The predicted molar refractivity (Wildman–Crippen MR) is 103 cm³/mol. The van der Waals surface area contributed by atoms with Crippen molar-refractivity contribution in [2.75, 3.05) is 32.4 Å². The van der Waals surface area contributed by atoms with Crippen LogP contribution < -0.4 is 5.32 Å². The van der Waals surface area contributed by atoms with E-state index in [0.717, 1.165) is 10.9 Å². The topological polar surface area (TPSA) is 61.8 Å². The van der Waals surface area contributed by atoms with Crippen molar-refractivity contribution in [2.24, 2.45) is 4.99 Å². The number of sulfone groups is 1. The van der Waals surface area contributed by atoms with Gasteiger partial charge in [0.05, 0.1) is 10.5 Å². The van der Waals surface area contributed by atoms with Crippen LogP contribution in [0.15, 0.2) is 27.7 Å². The van der Waals surface area contributed by atoms with Crippen molar-refractivity contribution < 1.29 is 12.8 Å². The van der Waals surface area contributed by atoms with Gasteiger partial charge in [-0.05, 0) is 44.4 Å². The minimum Gasteiger partial charge on any atom is -0.356 e. The summed E-state index contributed by atoms with van der Waals surface area (Å²) in [7, 11) is -1.39. The van der Waals surface area contributed by atoms with Crippen LogP contribution in [0.25, 0.3) is 0 Å². The van der Waals surface area contributed by atoms with E-state index in [1.807, 2.05) is 11.0 Å². The van der Waals surface area contributed by atoms with E-state index >= 15 is 0 Å². The molecule has 2 rings (SSSR count). The maximum atomic E-state index is 13.8. The number of halogens is 2. The fourth-order valence-electron chi connectivity index (χ4n) is 2.86. The van der Waals surface area contributed by atoms with Gasteiger partial charge in [0, 0.05) is 31.2 Å². The third kappa shape index (κ3) is 4.94. The Morgan fingerprint density at radius 3 is 2.76 bits per heavy atom. The van der Waals surface area contributed by atoms with Gasteiger partial charge in [-0.1, -0.05) is 22.0 Å². The molecule has 1 aromatic rings. The predicted octanol–water partition coefficient (Wildman–Crippen LogP) is 2.61. The molecule has 8 heteroatoms. The molecule has 0 bridgehead atoms. The van der Waals surface area contributed by atoms with Gasteiger partial charge in [-0.2, -0.15) is 0 Å². The molecule has 5 nitrogen and oxygen atoms in total. The molecule has 1 fully saturated rings. The average molecular weight is 434 g/mol. The Morgan fingerprint density at radius 1 is 1.44 bits per heavy atom. The van der Waals surface area contributed by atoms with Crippen molar-refractivity contribution in [3.63, 3.8) is 0 Å². The first-order chi connectivity index (χ1) is 11.7. The summed E-state index contributed by atoms with van der Waals surface area (Å²) in [6, 6.07) is 5.09. The van der Waals surface area contributed by atoms with Gasteiger partial charge in [-0.25, -0.2) is 12.8 Å². The molecule has 0 atom stereocenters. The quantitative estimate of drug-likeness (QED) is 0.450. The van der Waals surface area contributed by atoms with E-state index < -0.39 is 14.6 Å². The highest BCUT2D eigenvalue weighted by atomic mass is 79.9. The molecule has 1 aliphatic heterocycles. The molecule has 0 spiro atoms. The Bertz CT molecular complexity index is 750. The highest BCUT2D eigenvalue weighted by molar-refractivity contribution is 9.10. The summed E-state index contributed by atoms with van der Waals surface area (Å²) >= 11 is 3.25. The number of aryl methyl sites for hydroxylation is 1. The van der Waals surface area contributed by atoms with Crippen LogP contribution in [0.1, 0.15) is 25.8 Å². The SMILES string of the molecule is CN=C(NCCCc1ccc(Br)cc1F)N1CCS(=O)(=O)C(C)(C)C1. The smallest absolute Gasteiger partial charge is 0.193 e. The van der Waals surface area contributed by atoms with E-state index in [1.54, 1.807) is 27.0 Å². The molecule has 140 valence electrons. The van der Waals surface area contributed by atoms with Crippen LogP contribution in [0, 0.1) is 5.82 Å². The first-order valence-electron chi connectivity index (χ1n) is 8.28. The summed E-state index contributed by atoms with van der Waals surface area (Å²) in [5.74, 6) is 0.617. The first kappa shape index (κ1) is 20.2. The molecule has 1 N–H and O–H groups in total. The van der Waals surface area contributed by atoms with Gasteiger partial charge in [0.15, 0.2) is 15.8 Å². The maximum absolute atomic E-state index is 13.8. The van der Waals surface area contributed by atoms with E-state index in [4.69, 9.17) is 0 Å². The van der Waals surface area contributed by atoms with Crippen LogP contribution in [0.2, 0.25) is 0 Å². The number of hydrogen-bond acceptors (Lipinski definition) is 3. The lowest BCUT2D eigenvalue weighted by Crippen LogP contribution is -2.57. The van der Waals surface area contributed by atoms with Crippen molar-refractivity contribution in [1.29, 1.82) is 0 Å². The molecule has 0 aliphatic carbocycles. The normalized spacial score (nSPS) is 19.7. The highest BCUT2D eigenvalue weighted by Gasteiger charge is 2.40. The summed E-state index contributed by atoms with van der Waals surface area (Å²) < 4.78 is 38.0. The summed E-state index contributed by atoms with van der Waals surface area (Å²) in [5.41, 5.74) is 0.685. The van der Waals surface area contributed by atoms with Crippen LogP contribution in [0.5, 0.6) is 0 Å². The van der Waals surface area contributed by atoms with Crippen molar-refractivity contribution >= 4 is 31.7 Å². The molecular formula is C17H25BrFN3O2S. The third-order valence-corrected chi connectivity index (χ3v) is 7.50. The Kier molecular flexibility index (Phi) is 6.48. The van der Waals surface area contributed by atoms with Crippen LogP contribution in [0.3, 0.4) is 0 Å². The lowest BCUT2D eigenvalue weighted by atomic mass is 10.1. The van der Waals surface area contributed by atoms with Crippen molar-refractivity contribution in [3.8, 4) is 0 Å². The number of rotatable bonds is 4. The summed E-state index contributed by atoms with van der Waals surface area (Å²) in [5, 5.41) is 3.25. The van der Waals surface area contributed by atoms with Gasteiger partial charge in [-0.3, -0.25) is 4.99 Å². The number of nitrogens with one attached hydrogen (secondary N) is 1. The molecule has 1 heterocycles. The van der Waals surface area contributed by atoms with Crippen molar-refractivity contribution in [2.45, 2.75) is 31.4 Å². The lowest BCUT2D eigenvalue weighted by molar-refractivity contribution is 0.353. The standard InChI is InChI=1S/C17H25BrFN3O2S/c1-17(2)12-22(9-10-25(17,23)24)16(20-3)21-8-4-5-13-6-7-14(18)11-15(13)19/h6-7,11H,4-5,8-10,12H2,1-3H3,(H,20,21). The number of benzene rings is 1. The van der Waals surface area contributed by atoms with Crippen LogP contribution in [-0.4, -0.2) is 56.5 Å². The molecule has 0 radical (unpaired) electrons. The van der Waals surface area contributed by atoms with Gasteiger partial charge in [0.2, 0.25) is 0 Å². The van der Waals surface area contributed by atoms with Gasteiger partial charge in [-0.15, -0.1) is 0 Å². The van der Waals surface area contributed by atoms with E-state index in [9.17, 15) is 12.8 Å². The molecule has 0 saturated carbocycles. The van der Waals surface area contributed by atoms with E-state index in [2.05, 4.69) is 26.2 Å². The lowest BCUT2D eigenvalue weighted by Gasteiger charge is -2.39. The molecule has 0 aromatic heterocycles. The van der Waals surface area contributed by atoms with Gasteiger partial charge in [0.25, 0.3) is 0 Å². The van der Waals surface area contributed by atoms with Gasteiger partial charge < -0.3 is 10.2 Å². The van der Waals surface area contributed by atoms with Crippen molar-refractivity contribution in [3.05, 3.63) is 34.1 Å². The van der Waals surface area contributed by atoms with E-state index in [-0.39, 0.29) is 11.6 Å². The maximum Gasteiger partial charge on any atom is 0.193 e. The minimum absolute atomic E-state index is 0.130. The van der Waals surface area contributed by atoms with Crippen molar-refractivity contribution in [1.82, 2.24) is 10.2 Å². The molecular weight excluding hydrogens is 409 g/mol. The monoisotopic (exact) mass is 433 g/mol. The van der Waals surface area contributed by atoms with Gasteiger partial charge in [0.1, 0.15) is 5.82 Å². The Labute approximate surface area is 157 Å². The summed E-state index contributed by atoms with van der Waals surface area (Å²) in [6.45, 7) is 4.99. The zero-order valence-corrected chi connectivity index (χ0v) is 17.3. The molecule has 1 aromatic carbocycles. The molecule has 25 heavy (non-hydrogen) atoms. The Hall–Kier alpha value is -1.15. The number of nitrogens with zero attached hydrogens (tertiary/aromatic N) is 2. The zero-order chi connectivity index (χ0) is 18.7. The fraction of sp³-hybridized carbons (Fsp3) is 0.588. The fourth-order valence-corrected chi connectivity index (χ4v) is 4.56. The zero-order valence-electron chi connectivity index (χ0n) is 14.8. The molecule has 1 aliphatic rings. The molecule has 0 amide bonds. The number of guanidine groups is 1. The van der Waals surface area contributed by atoms with Gasteiger partial charge >= 0.3 is 0 Å². The van der Waals surface area contributed by atoms with E-state index in [1.165, 1.54) is 6.07 Å². The second kappa shape index (κ2) is 8.03. The summed E-state index contributed by atoms with van der Waals surface area (Å²) in [6.07, 6.45) is 1.39. The highest BCUT2D eigenvalue weighted by Crippen LogP contribution is 2.23. The average Bonchev–Trinajstić information content (AvgIpc) is 2.52. The largest absolute Gasteiger partial charge is 0.356 e. The molecule has 0 unspecified atom stereocenters. The van der Waals surface area contributed by atoms with Crippen LogP contribution >= 0.6 is 15.9 Å². The summed E-state index contributed by atoms with van der Waals surface area (Å²) in [4.78, 5) is 6.23. The van der Waals surface area contributed by atoms with Crippen LogP contribution in [0.4, 0.5) is 4.39 Å². The minimum atomic E-state index is -3.08. The first-order valence-corrected chi connectivity index (χ1v) is 10.7. The second-order valence-electron chi connectivity index (χ2n) is 6.81. The number of aliphatic imine (C=N–C) groups is 1. The Morgan fingerprint density at radius 2 is 2.16 bits per heavy atom. The van der Waals surface area contributed by atoms with E-state index in [0.29, 0.717) is 37.6 Å². The third-order valence-electron chi connectivity index (χ3n) is 4.48. The number of hydrogen-bond donors (Lipinski definition) is 1. The Balaban J connectivity index is 1.87. The second-order valence-corrected chi connectivity index (χ2v) is 10.5. The van der Waals surface area contributed by atoms with Crippen LogP contribution in [-0.2, 0) is 16.3 Å².